The molecule has 0 N–H and O–H groups in total. The van der Waals surface area contributed by atoms with E-state index in [0.29, 0.717) is 23.0 Å². The van der Waals surface area contributed by atoms with E-state index < -0.39 is 0 Å². The van der Waals surface area contributed by atoms with Gasteiger partial charge in [0.1, 0.15) is 46.0 Å². The Morgan fingerprint density at radius 3 is 0.850 bits per heavy atom. The molecule has 60 heavy (non-hydrogen) atoms. The summed E-state index contributed by atoms with van der Waals surface area (Å²) in [4.78, 5) is 4.87. The van der Waals surface area contributed by atoms with Gasteiger partial charge in [0.15, 0.2) is 0 Å². The molecular formula is C54H46N2O4. The summed E-state index contributed by atoms with van der Waals surface area (Å²) in [7, 11) is 0. The normalized spacial score (nSPS) is 11.9. The van der Waals surface area contributed by atoms with Crippen molar-refractivity contribution in [3.63, 3.8) is 0 Å². The van der Waals surface area contributed by atoms with Crippen LogP contribution in [0.1, 0.15) is 27.7 Å². The smallest absolute Gasteiger partial charge is 0.139 e. The Labute approximate surface area is 352 Å². The molecule has 8 aromatic carbocycles. The Hall–Kier alpha value is -7.44. The van der Waals surface area contributed by atoms with Crippen molar-refractivity contribution in [1.29, 1.82) is 0 Å². The van der Waals surface area contributed by atoms with Crippen LogP contribution < -0.4 is 28.7 Å². The molecule has 0 bridgehead atoms. The topological polar surface area (TPSA) is 43.4 Å². The lowest BCUT2D eigenvalue weighted by molar-refractivity contribution is 0.463. The molecule has 0 unspecified atom stereocenters. The van der Waals surface area contributed by atoms with Crippen molar-refractivity contribution >= 4 is 22.7 Å². The SMILES string of the molecule is CC(C)N1c2ccc(-c3c(Oc4ccccc4)cccc3Oc3ccccc3)cc2N(C(C)C)c2ccc(-c3c(Oc4ccccc4)cccc3Oc3ccccc3)cc21. The summed E-state index contributed by atoms with van der Waals surface area (Å²) in [6.07, 6.45) is 0. The van der Waals surface area contributed by atoms with Crippen molar-refractivity contribution in [3.8, 4) is 68.2 Å². The first-order valence-electron chi connectivity index (χ1n) is 20.5. The van der Waals surface area contributed by atoms with Crippen LogP contribution in [0.4, 0.5) is 22.7 Å². The minimum atomic E-state index is 0.124. The highest BCUT2D eigenvalue weighted by molar-refractivity contribution is 5.98. The fraction of sp³-hybridized carbons (Fsp3) is 0.111. The minimum absolute atomic E-state index is 0.124. The first-order chi connectivity index (χ1) is 29.4. The lowest BCUT2D eigenvalue weighted by Crippen LogP contribution is -2.36. The van der Waals surface area contributed by atoms with Crippen LogP contribution in [0.5, 0.6) is 46.0 Å². The molecule has 0 atom stereocenters. The van der Waals surface area contributed by atoms with Crippen molar-refractivity contribution < 1.29 is 18.9 Å². The van der Waals surface area contributed by atoms with Crippen LogP contribution in [0.15, 0.2) is 194 Å². The van der Waals surface area contributed by atoms with Crippen molar-refractivity contribution in [2.45, 2.75) is 39.8 Å². The lowest BCUT2D eigenvalue weighted by Gasteiger charge is -2.44. The Morgan fingerprint density at radius 2 is 0.583 bits per heavy atom. The second kappa shape index (κ2) is 16.8. The third kappa shape index (κ3) is 7.75. The molecule has 9 rings (SSSR count). The Kier molecular flexibility index (Phi) is 10.7. The van der Waals surface area contributed by atoms with E-state index in [-0.39, 0.29) is 12.1 Å². The number of benzene rings is 8. The molecule has 8 aromatic rings. The highest BCUT2D eigenvalue weighted by Crippen LogP contribution is 2.54. The summed E-state index contributed by atoms with van der Waals surface area (Å²) in [5, 5.41) is 0. The van der Waals surface area contributed by atoms with Gasteiger partial charge in [-0.25, -0.2) is 0 Å². The van der Waals surface area contributed by atoms with Crippen LogP contribution in [0.2, 0.25) is 0 Å². The minimum Gasteiger partial charge on any atom is -0.457 e. The average Bonchev–Trinajstić information content (AvgIpc) is 3.26. The standard InChI is InChI=1S/C54H46N2O4/c1-37(2)55-45-33-31-40(54-51(59-43-23-13-7-14-24-43)29-18-30-52(54)60-44-25-15-8-16-26-44)36-48(45)56(38(3)4)46-34-32-39(35-47(46)55)53-49(57-41-19-9-5-10-20-41)27-17-28-50(53)58-42-21-11-6-12-22-42/h5-38H,1-4H3. The predicted octanol–water partition coefficient (Wildman–Crippen LogP) is 15.6. The predicted molar refractivity (Wildman–Crippen MR) is 244 cm³/mol. The number of nitrogens with zero attached hydrogens (tertiary/aromatic N) is 2. The molecule has 0 amide bonds. The van der Waals surface area contributed by atoms with Crippen LogP contribution in [-0.4, -0.2) is 12.1 Å². The van der Waals surface area contributed by atoms with Gasteiger partial charge in [-0.2, -0.15) is 0 Å². The molecule has 296 valence electrons. The third-order valence-electron chi connectivity index (χ3n) is 10.5. The molecule has 1 heterocycles. The largest absolute Gasteiger partial charge is 0.457 e. The van der Waals surface area contributed by atoms with E-state index >= 15 is 0 Å². The van der Waals surface area contributed by atoms with Crippen LogP contribution in [-0.2, 0) is 0 Å². The molecule has 1 aliphatic heterocycles. The fourth-order valence-electron chi connectivity index (χ4n) is 7.92. The van der Waals surface area contributed by atoms with E-state index in [9.17, 15) is 0 Å². The number of anilines is 4. The number of rotatable bonds is 12. The maximum Gasteiger partial charge on any atom is 0.139 e. The maximum atomic E-state index is 6.60. The van der Waals surface area contributed by atoms with Gasteiger partial charge in [0.25, 0.3) is 0 Å². The van der Waals surface area contributed by atoms with Crippen LogP contribution in [0.25, 0.3) is 22.3 Å². The van der Waals surface area contributed by atoms with E-state index in [1.165, 1.54) is 0 Å². The second-order valence-electron chi connectivity index (χ2n) is 15.3. The van der Waals surface area contributed by atoms with Gasteiger partial charge in [-0.05, 0) is 136 Å². The third-order valence-corrected chi connectivity index (χ3v) is 10.5. The Balaban J connectivity index is 1.18. The molecule has 0 fully saturated rings. The van der Waals surface area contributed by atoms with Gasteiger partial charge in [0, 0.05) is 12.1 Å². The van der Waals surface area contributed by atoms with E-state index in [1.54, 1.807) is 0 Å². The summed E-state index contributed by atoms with van der Waals surface area (Å²) in [5.41, 5.74) is 8.10. The van der Waals surface area contributed by atoms with E-state index in [1.807, 2.05) is 158 Å². The summed E-state index contributed by atoms with van der Waals surface area (Å²) in [6, 6.07) is 65.2. The number of ether oxygens (including phenoxy) is 4. The average molecular weight is 787 g/mol. The zero-order valence-electron chi connectivity index (χ0n) is 34.2. The zero-order chi connectivity index (χ0) is 41.0. The molecular weight excluding hydrogens is 741 g/mol. The summed E-state index contributed by atoms with van der Waals surface area (Å²) in [6.45, 7) is 8.96. The van der Waals surface area contributed by atoms with E-state index in [4.69, 9.17) is 18.9 Å². The molecule has 0 saturated carbocycles. The van der Waals surface area contributed by atoms with E-state index in [0.717, 1.165) is 68.0 Å². The number of hydrogen-bond donors (Lipinski definition) is 0. The number of hydrogen-bond acceptors (Lipinski definition) is 6. The fourth-order valence-corrected chi connectivity index (χ4v) is 7.92. The molecule has 0 saturated heterocycles. The molecule has 0 aliphatic carbocycles. The van der Waals surface area contributed by atoms with Crippen molar-refractivity contribution in [2.24, 2.45) is 0 Å². The summed E-state index contributed by atoms with van der Waals surface area (Å²) in [5.74, 6) is 5.83. The molecule has 0 spiro atoms. The van der Waals surface area contributed by atoms with Gasteiger partial charge in [0.2, 0.25) is 0 Å². The summed E-state index contributed by atoms with van der Waals surface area (Å²) >= 11 is 0. The van der Waals surface area contributed by atoms with Crippen molar-refractivity contribution in [1.82, 2.24) is 0 Å². The molecule has 6 heteroatoms. The monoisotopic (exact) mass is 786 g/mol. The van der Waals surface area contributed by atoms with Gasteiger partial charge >= 0.3 is 0 Å². The highest BCUT2D eigenvalue weighted by Gasteiger charge is 2.33. The quantitative estimate of drug-likeness (QED) is 0.123. The first kappa shape index (κ1) is 38.1. The molecule has 1 aliphatic rings. The molecule has 0 aromatic heterocycles. The van der Waals surface area contributed by atoms with Gasteiger partial charge in [-0.15, -0.1) is 0 Å². The lowest BCUT2D eigenvalue weighted by atomic mass is 9.95. The van der Waals surface area contributed by atoms with Gasteiger partial charge in [-0.1, -0.05) is 97.1 Å². The molecule has 6 nitrogen and oxygen atoms in total. The van der Waals surface area contributed by atoms with Crippen LogP contribution in [0, 0.1) is 0 Å². The van der Waals surface area contributed by atoms with Gasteiger partial charge < -0.3 is 28.7 Å². The number of fused-ring (bicyclic) bond motifs is 2. The summed E-state index contributed by atoms with van der Waals surface area (Å²) < 4.78 is 26.4. The van der Waals surface area contributed by atoms with Crippen LogP contribution in [0.3, 0.4) is 0 Å². The van der Waals surface area contributed by atoms with Crippen molar-refractivity contribution in [2.75, 3.05) is 9.80 Å². The van der Waals surface area contributed by atoms with E-state index in [2.05, 4.69) is 73.9 Å². The maximum absolute atomic E-state index is 6.60. The zero-order valence-corrected chi connectivity index (χ0v) is 34.2. The highest BCUT2D eigenvalue weighted by atomic mass is 16.5. The van der Waals surface area contributed by atoms with Crippen LogP contribution >= 0.6 is 0 Å². The Morgan fingerprint density at radius 1 is 0.300 bits per heavy atom. The van der Waals surface area contributed by atoms with Crippen molar-refractivity contribution in [3.05, 3.63) is 194 Å². The van der Waals surface area contributed by atoms with Gasteiger partial charge in [-0.3, -0.25) is 0 Å². The second-order valence-corrected chi connectivity index (χ2v) is 15.3. The first-order valence-corrected chi connectivity index (χ1v) is 20.5. The van der Waals surface area contributed by atoms with Gasteiger partial charge in [0.05, 0.1) is 33.9 Å². The molecule has 0 radical (unpaired) electrons. The Bertz CT molecular complexity index is 2410. The number of para-hydroxylation sites is 4.